The van der Waals surface area contributed by atoms with Gasteiger partial charge in [-0.05, 0) is 26.7 Å². The van der Waals surface area contributed by atoms with E-state index in [9.17, 15) is 0 Å². The van der Waals surface area contributed by atoms with Crippen LogP contribution in [0.2, 0.25) is 0 Å². The Bertz CT molecular complexity index is 114. The van der Waals surface area contributed by atoms with E-state index in [0.717, 1.165) is 12.8 Å². The Hall–Kier alpha value is -0.0800. The van der Waals surface area contributed by atoms with Crippen LogP contribution >= 0.6 is 0 Å². The van der Waals surface area contributed by atoms with Gasteiger partial charge in [0.05, 0.1) is 12.2 Å². The maximum Gasteiger partial charge on any atom is 0.0729 e. The van der Waals surface area contributed by atoms with Crippen LogP contribution in [0.25, 0.3) is 0 Å². The molecule has 0 aliphatic heterocycles. The molecule has 0 amide bonds. The highest BCUT2D eigenvalue weighted by atomic mass is 16.5. The van der Waals surface area contributed by atoms with Crippen molar-refractivity contribution < 1.29 is 4.74 Å². The Morgan fingerprint density at radius 3 is 2.45 bits per heavy atom. The highest BCUT2D eigenvalue weighted by Gasteiger charge is 2.22. The van der Waals surface area contributed by atoms with Crippen LogP contribution in [0.1, 0.15) is 39.5 Å². The van der Waals surface area contributed by atoms with E-state index in [1.54, 1.807) is 0 Å². The first-order valence-electron chi connectivity index (χ1n) is 4.61. The summed E-state index contributed by atoms with van der Waals surface area (Å²) in [6.45, 7) is 4.14. The molecule has 2 heteroatoms. The summed E-state index contributed by atoms with van der Waals surface area (Å²) in [5.74, 6) is 0. The van der Waals surface area contributed by atoms with Gasteiger partial charge in [0, 0.05) is 6.04 Å². The number of hydrogen-bond acceptors (Lipinski definition) is 2. The van der Waals surface area contributed by atoms with E-state index in [-0.39, 0.29) is 6.04 Å². The van der Waals surface area contributed by atoms with Crippen molar-refractivity contribution in [2.75, 3.05) is 0 Å². The van der Waals surface area contributed by atoms with Gasteiger partial charge in [0.25, 0.3) is 0 Å². The van der Waals surface area contributed by atoms with Crippen molar-refractivity contribution in [2.45, 2.75) is 57.8 Å². The molecule has 2 atom stereocenters. The molecule has 0 aromatic heterocycles. The number of ether oxygens (including phenoxy) is 1. The zero-order valence-electron chi connectivity index (χ0n) is 7.55. The normalized spacial score (nSPS) is 32.7. The van der Waals surface area contributed by atoms with Gasteiger partial charge in [-0.25, -0.2) is 0 Å². The zero-order chi connectivity index (χ0) is 8.27. The smallest absolute Gasteiger partial charge is 0.0729 e. The predicted molar refractivity (Wildman–Crippen MR) is 46.5 cm³/mol. The molecular formula is C9H19NO. The molecule has 66 valence electrons. The van der Waals surface area contributed by atoms with Crippen LogP contribution in [-0.4, -0.2) is 18.2 Å². The maximum absolute atomic E-state index is 5.90. The van der Waals surface area contributed by atoms with E-state index in [1.807, 2.05) is 0 Å². The third-order valence-corrected chi connectivity index (χ3v) is 2.20. The second-order valence-corrected chi connectivity index (χ2v) is 3.67. The van der Waals surface area contributed by atoms with Gasteiger partial charge >= 0.3 is 0 Å². The summed E-state index contributed by atoms with van der Waals surface area (Å²) in [5, 5.41) is 0. The number of hydrogen-bond donors (Lipinski definition) is 1. The van der Waals surface area contributed by atoms with Crippen LogP contribution in [-0.2, 0) is 4.74 Å². The highest BCUT2D eigenvalue weighted by Crippen LogP contribution is 2.20. The van der Waals surface area contributed by atoms with E-state index < -0.39 is 0 Å². The van der Waals surface area contributed by atoms with Gasteiger partial charge in [-0.2, -0.15) is 0 Å². The molecule has 0 saturated heterocycles. The summed E-state index contributed by atoms with van der Waals surface area (Å²) in [6.07, 6.45) is 5.49. The van der Waals surface area contributed by atoms with Crippen LogP contribution in [0.4, 0.5) is 0 Å². The average Bonchev–Trinajstić information content (AvgIpc) is 1.93. The Labute approximate surface area is 69.1 Å². The quantitative estimate of drug-likeness (QED) is 0.662. The summed E-state index contributed by atoms with van der Waals surface area (Å²) in [7, 11) is 0. The first kappa shape index (κ1) is 9.01. The topological polar surface area (TPSA) is 35.2 Å². The van der Waals surface area contributed by atoms with E-state index >= 15 is 0 Å². The lowest BCUT2D eigenvalue weighted by molar-refractivity contribution is -0.0228. The zero-order valence-corrected chi connectivity index (χ0v) is 7.55. The highest BCUT2D eigenvalue weighted by molar-refractivity contribution is 4.78. The second-order valence-electron chi connectivity index (χ2n) is 3.67. The molecule has 0 aromatic rings. The lowest BCUT2D eigenvalue weighted by atomic mass is 9.93. The molecule has 11 heavy (non-hydrogen) atoms. The van der Waals surface area contributed by atoms with Crippen molar-refractivity contribution >= 4 is 0 Å². The minimum Gasteiger partial charge on any atom is -0.374 e. The van der Waals surface area contributed by atoms with Gasteiger partial charge in [0.15, 0.2) is 0 Å². The Kier molecular flexibility index (Phi) is 3.34. The molecule has 1 aliphatic rings. The molecule has 2 nitrogen and oxygen atoms in total. The van der Waals surface area contributed by atoms with Gasteiger partial charge in [-0.3, -0.25) is 0 Å². The Morgan fingerprint density at radius 2 is 1.91 bits per heavy atom. The summed E-state index contributed by atoms with van der Waals surface area (Å²) >= 11 is 0. The van der Waals surface area contributed by atoms with E-state index in [2.05, 4.69) is 13.8 Å². The van der Waals surface area contributed by atoms with Crippen LogP contribution < -0.4 is 5.73 Å². The molecule has 1 aliphatic carbocycles. The molecule has 1 rings (SSSR count). The van der Waals surface area contributed by atoms with Crippen LogP contribution in [0.3, 0.4) is 0 Å². The summed E-state index contributed by atoms with van der Waals surface area (Å²) < 4.78 is 5.68. The molecule has 0 unspecified atom stereocenters. The van der Waals surface area contributed by atoms with Crippen molar-refractivity contribution in [3.8, 4) is 0 Å². The van der Waals surface area contributed by atoms with Gasteiger partial charge in [0.1, 0.15) is 0 Å². The SMILES string of the molecule is CC(C)O[C@H]1CCCC[C@H]1N. The molecule has 1 fully saturated rings. The van der Waals surface area contributed by atoms with E-state index in [4.69, 9.17) is 10.5 Å². The first-order chi connectivity index (χ1) is 5.20. The lowest BCUT2D eigenvalue weighted by Crippen LogP contribution is -2.40. The molecular weight excluding hydrogens is 138 g/mol. The average molecular weight is 157 g/mol. The standard InChI is InChI=1S/C9H19NO/c1-7(2)11-9-6-4-3-5-8(9)10/h7-9H,3-6,10H2,1-2H3/t8-,9+/m1/s1. The Morgan fingerprint density at radius 1 is 1.27 bits per heavy atom. The minimum atomic E-state index is 0.283. The molecule has 0 aromatic carbocycles. The van der Waals surface area contributed by atoms with Gasteiger partial charge < -0.3 is 10.5 Å². The van der Waals surface area contributed by atoms with Crippen LogP contribution in [0, 0.1) is 0 Å². The molecule has 1 saturated carbocycles. The summed E-state index contributed by atoms with van der Waals surface area (Å²) in [4.78, 5) is 0. The van der Waals surface area contributed by atoms with Crippen molar-refractivity contribution in [3.63, 3.8) is 0 Å². The molecule has 2 N–H and O–H groups in total. The van der Waals surface area contributed by atoms with Crippen LogP contribution in [0.15, 0.2) is 0 Å². The minimum absolute atomic E-state index is 0.283. The van der Waals surface area contributed by atoms with Gasteiger partial charge in [-0.1, -0.05) is 12.8 Å². The summed E-state index contributed by atoms with van der Waals surface area (Å²) in [5.41, 5.74) is 5.90. The fourth-order valence-corrected chi connectivity index (χ4v) is 1.64. The first-order valence-corrected chi connectivity index (χ1v) is 4.61. The third-order valence-electron chi connectivity index (χ3n) is 2.20. The fourth-order valence-electron chi connectivity index (χ4n) is 1.64. The van der Waals surface area contributed by atoms with Crippen LogP contribution in [0.5, 0.6) is 0 Å². The van der Waals surface area contributed by atoms with Gasteiger partial charge in [-0.15, -0.1) is 0 Å². The second kappa shape index (κ2) is 4.07. The number of rotatable bonds is 2. The largest absolute Gasteiger partial charge is 0.374 e. The summed E-state index contributed by atoms with van der Waals surface area (Å²) in [6, 6.07) is 0.283. The predicted octanol–water partition coefficient (Wildman–Crippen LogP) is 1.68. The molecule has 0 bridgehead atoms. The number of nitrogens with two attached hydrogens (primary N) is 1. The van der Waals surface area contributed by atoms with Crippen molar-refractivity contribution in [3.05, 3.63) is 0 Å². The molecule has 0 radical (unpaired) electrons. The molecule has 0 spiro atoms. The van der Waals surface area contributed by atoms with Crippen molar-refractivity contribution in [1.82, 2.24) is 0 Å². The fraction of sp³-hybridized carbons (Fsp3) is 1.00. The van der Waals surface area contributed by atoms with Crippen molar-refractivity contribution in [2.24, 2.45) is 5.73 Å². The Balaban J connectivity index is 2.29. The maximum atomic E-state index is 5.90. The lowest BCUT2D eigenvalue weighted by Gasteiger charge is -2.30. The molecule has 0 heterocycles. The van der Waals surface area contributed by atoms with E-state index in [0.29, 0.717) is 12.2 Å². The third kappa shape index (κ3) is 2.80. The van der Waals surface area contributed by atoms with E-state index in [1.165, 1.54) is 12.8 Å². The van der Waals surface area contributed by atoms with Gasteiger partial charge in [0.2, 0.25) is 0 Å². The monoisotopic (exact) mass is 157 g/mol. The van der Waals surface area contributed by atoms with Crippen molar-refractivity contribution in [1.29, 1.82) is 0 Å².